The Labute approximate surface area is 171 Å². The van der Waals surface area contributed by atoms with Gasteiger partial charge in [0.15, 0.2) is 0 Å². The number of rotatable bonds is 5. The van der Waals surface area contributed by atoms with Crippen molar-refractivity contribution in [2.75, 3.05) is 7.11 Å². The van der Waals surface area contributed by atoms with Crippen molar-refractivity contribution in [1.29, 1.82) is 0 Å². The SMILES string of the molecule is CCc1cc(Cl)cc(CC)c1C1=C(OC(C)=O)C2(CCC(OC)CC2)NC1=O. The summed E-state index contributed by atoms with van der Waals surface area (Å²) in [5.41, 5.74) is 2.66. The lowest BCUT2D eigenvalue weighted by Crippen LogP contribution is -2.49. The van der Waals surface area contributed by atoms with E-state index in [2.05, 4.69) is 5.32 Å². The first-order chi connectivity index (χ1) is 13.3. The van der Waals surface area contributed by atoms with E-state index in [-0.39, 0.29) is 12.0 Å². The summed E-state index contributed by atoms with van der Waals surface area (Å²) < 4.78 is 11.2. The zero-order chi connectivity index (χ0) is 20.5. The Kier molecular flexibility index (Phi) is 6.15. The van der Waals surface area contributed by atoms with Crippen LogP contribution in [0.2, 0.25) is 5.02 Å². The normalized spacial score (nSPS) is 24.6. The number of hydrogen-bond acceptors (Lipinski definition) is 4. The van der Waals surface area contributed by atoms with Gasteiger partial charge in [-0.1, -0.05) is 25.4 Å². The quantitative estimate of drug-likeness (QED) is 0.746. The van der Waals surface area contributed by atoms with Gasteiger partial charge in [-0.05, 0) is 67.3 Å². The number of hydrogen-bond donors (Lipinski definition) is 1. The highest BCUT2D eigenvalue weighted by atomic mass is 35.5. The number of ether oxygens (including phenoxy) is 2. The van der Waals surface area contributed by atoms with Crippen molar-refractivity contribution in [2.24, 2.45) is 0 Å². The molecule has 0 bridgehead atoms. The molecule has 6 heteroatoms. The van der Waals surface area contributed by atoms with Crippen LogP contribution in [0.15, 0.2) is 17.9 Å². The third-order valence-electron chi connectivity index (χ3n) is 5.89. The van der Waals surface area contributed by atoms with Crippen LogP contribution in [-0.4, -0.2) is 30.6 Å². The van der Waals surface area contributed by atoms with E-state index < -0.39 is 11.5 Å². The van der Waals surface area contributed by atoms with Crippen molar-refractivity contribution in [3.63, 3.8) is 0 Å². The maximum atomic E-state index is 13.2. The van der Waals surface area contributed by atoms with Gasteiger partial charge >= 0.3 is 5.97 Å². The summed E-state index contributed by atoms with van der Waals surface area (Å²) in [4.78, 5) is 25.1. The molecule has 152 valence electrons. The Morgan fingerprint density at radius 2 is 1.79 bits per heavy atom. The van der Waals surface area contributed by atoms with E-state index >= 15 is 0 Å². The van der Waals surface area contributed by atoms with Gasteiger partial charge in [-0.2, -0.15) is 0 Å². The van der Waals surface area contributed by atoms with E-state index in [0.29, 0.717) is 29.2 Å². The van der Waals surface area contributed by atoms with E-state index in [9.17, 15) is 9.59 Å². The summed E-state index contributed by atoms with van der Waals surface area (Å²) in [5.74, 6) is -0.132. The molecular weight excluding hydrogens is 378 g/mol. The second kappa shape index (κ2) is 8.26. The monoisotopic (exact) mass is 405 g/mol. The van der Waals surface area contributed by atoms with Crippen molar-refractivity contribution < 1.29 is 19.1 Å². The predicted octanol–water partition coefficient (Wildman–Crippen LogP) is 4.20. The molecule has 0 atom stereocenters. The van der Waals surface area contributed by atoms with E-state index in [1.54, 1.807) is 7.11 Å². The zero-order valence-corrected chi connectivity index (χ0v) is 17.7. The zero-order valence-electron chi connectivity index (χ0n) is 17.0. The highest BCUT2D eigenvalue weighted by molar-refractivity contribution is 6.31. The lowest BCUT2D eigenvalue weighted by Gasteiger charge is -2.37. The lowest BCUT2D eigenvalue weighted by molar-refractivity contribution is -0.138. The summed E-state index contributed by atoms with van der Waals surface area (Å²) in [6, 6.07) is 3.79. The summed E-state index contributed by atoms with van der Waals surface area (Å²) in [6.07, 6.45) is 4.59. The van der Waals surface area contributed by atoms with Crippen molar-refractivity contribution in [1.82, 2.24) is 5.32 Å². The van der Waals surface area contributed by atoms with Crippen molar-refractivity contribution in [3.8, 4) is 0 Å². The molecule has 0 saturated heterocycles. The first kappa shape index (κ1) is 20.9. The van der Waals surface area contributed by atoms with Crippen LogP contribution in [0.5, 0.6) is 0 Å². The standard InChI is InChI=1S/C22H28ClNO4/c1-5-14-11-16(23)12-15(6-2)18(14)19-20(28-13(3)25)22(24-21(19)26)9-7-17(27-4)8-10-22/h11-12,17H,5-10H2,1-4H3,(H,24,26). The van der Waals surface area contributed by atoms with E-state index in [1.807, 2.05) is 26.0 Å². The lowest BCUT2D eigenvalue weighted by atomic mass is 9.78. The minimum absolute atomic E-state index is 0.165. The number of amides is 1. The van der Waals surface area contributed by atoms with Gasteiger partial charge in [-0.25, -0.2) is 0 Å². The highest BCUT2D eigenvalue weighted by Gasteiger charge is 2.50. The molecule has 3 rings (SSSR count). The van der Waals surface area contributed by atoms with Crippen LogP contribution in [0.3, 0.4) is 0 Å². The molecule has 0 radical (unpaired) electrons. The molecule has 1 saturated carbocycles. The van der Waals surface area contributed by atoms with E-state index in [4.69, 9.17) is 21.1 Å². The molecule has 28 heavy (non-hydrogen) atoms. The smallest absolute Gasteiger partial charge is 0.307 e. The van der Waals surface area contributed by atoms with Crippen LogP contribution in [-0.2, 0) is 31.9 Å². The fourth-order valence-electron chi connectivity index (χ4n) is 4.47. The maximum Gasteiger partial charge on any atom is 0.307 e. The Bertz CT molecular complexity index is 797. The van der Waals surface area contributed by atoms with Crippen LogP contribution in [0.25, 0.3) is 5.57 Å². The van der Waals surface area contributed by atoms with E-state index in [1.165, 1.54) is 6.92 Å². The van der Waals surface area contributed by atoms with Gasteiger partial charge in [0.25, 0.3) is 5.91 Å². The summed E-state index contributed by atoms with van der Waals surface area (Å²) in [6.45, 7) is 5.45. The molecule has 1 spiro atoms. The first-order valence-electron chi connectivity index (χ1n) is 9.95. The molecule has 1 aliphatic heterocycles. The fourth-order valence-corrected chi connectivity index (χ4v) is 4.74. The number of carbonyl (C=O) groups excluding carboxylic acids is 2. The van der Waals surface area contributed by atoms with Crippen LogP contribution in [0.4, 0.5) is 0 Å². The molecule has 1 fully saturated rings. The molecule has 1 aromatic carbocycles. The van der Waals surface area contributed by atoms with Gasteiger partial charge < -0.3 is 14.8 Å². The Morgan fingerprint density at radius 3 is 2.25 bits per heavy atom. The Hall–Kier alpha value is -1.85. The molecule has 1 amide bonds. The molecule has 1 heterocycles. The third-order valence-corrected chi connectivity index (χ3v) is 6.10. The predicted molar refractivity (Wildman–Crippen MR) is 109 cm³/mol. The summed E-state index contributed by atoms with van der Waals surface area (Å²) in [7, 11) is 1.71. The van der Waals surface area contributed by atoms with Gasteiger partial charge in [0.1, 0.15) is 5.76 Å². The molecule has 1 aliphatic carbocycles. The number of halogens is 1. The third kappa shape index (κ3) is 3.70. The number of benzene rings is 1. The van der Waals surface area contributed by atoms with E-state index in [0.717, 1.165) is 42.4 Å². The van der Waals surface area contributed by atoms with Gasteiger partial charge in [-0.15, -0.1) is 0 Å². The molecule has 0 aromatic heterocycles. The molecule has 1 N–H and O–H groups in total. The first-order valence-corrected chi connectivity index (χ1v) is 10.3. The van der Waals surface area contributed by atoms with Crippen molar-refractivity contribution in [2.45, 2.75) is 70.9 Å². The number of carbonyl (C=O) groups is 2. The second-order valence-electron chi connectivity index (χ2n) is 7.58. The molecule has 0 unspecified atom stereocenters. The highest BCUT2D eigenvalue weighted by Crippen LogP contribution is 2.45. The minimum Gasteiger partial charge on any atom is -0.428 e. The van der Waals surface area contributed by atoms with Gasteiger partial charge in [-0.3, -0.25) is 9.59 Å². The van der Waals surface area contributed by atoms with Crippen LogP contribution in [0, 0.1) is 0 Å². The molecule has 1 aromatic rings. The number of methoxy groups -OCH3 is 1. The minimum atomic E-state index is -0.650. The van der Waals surface area contributed by atoms with Crippen LogP contribution in [0.1, 0.15) is 63.1 Å². The Morgan fingerprint density at radius 1 is 1.21 bits per heavy atom. The molecule has 5 nitrogen and oxygen atoms in total. The molecular formula is C22H28ClNO4. The summed E-state index contributed by atoms with van der Waals surface area (Å²) >= 11 is 6.30. The maximum absolute atomic E-state index is 13.2. The van der Waals surface area contributed by atoms with Crippen LogP contribution < -0.4 is 5.32 Å². The average Bonchev–Trinajstić information content (AvgIpc) is 2.92. The summed E-state index contributed by atoms with van der Waals surface area (Å²) in [5, 5.41) is 3.81. The van der Waals surface area contributed by atoms with Crippen molar-refractivity contribution in [3.05, 3.63) is 39.6 Å². The topological polar surface area (TPSA) is 64.6 Å². The van der Waals surface area contributed by atoms with Crippen molar-refractivity contribution >= 4 is 29.1 Å². The number of esters is 1. The average molecular weight is 406 g/mol. The number of aryl methyl sites for hydroxylation is 2. The fraction of sp³-hybridized carbons (Fsp3) is 0.545. The largest absolute Gasteiger partial charge is 0.428 e. The molecule has 2 aliphatic rings. The van der Waals surface area contributed by atoms with Gasteiger partial charge in [0, 0.05) is 19.1 Å². The van der Waals surface area contributed by atoms with Crippen LogP contribution >= 0.6 is 11.6 Å². The Balaban J connectivity index is 2.20. The van der Waals surface area contributed by atoms with Gasteiger partial charge in [0.05, 0.1) is 17.2 Å². The second-order valence-corrected chi connectivity index (χ2v) is 8.01. The van der Waals surface area contributed by atoms with Gasteiger partial charge in [0.2, 0.25) is 0 Å². The number of nitrogens with one attached hydrogen (secondary N) is 1.